The van der Waals surface area contributed by atoms with Crippen molar-refractivity contribution in [2.45, 2.75) is 13.1 Å². The van der Waals surface area contributed by atoms with E-state index in [0.29, 0.717) is 6.54 Å². The Morgan fingerprint density at radius 2 is 1.78 bits per heavy atom. The molecule has 0 aliphatic rings. The molecule has 3 nitrogen and oxygen atoms in total. The number of benzene rings is 2. The van der Waals surface area contributed by atoms with E-state index in [1.54, 1.807) is 4.90 Å². The number of rotatable bonds is 5. The number of nitrogens with zero attached hydrogens (tertiary/aromatic N) is 1. The van der Waals surface area contributed by atoms with Crippen molar-refractivity contribution in [3.8, 4) is 0 Å². The van der Waals surface area contributed by atoms with Crippen LogP contribution in [0.3, 0.4) is 0 Å². The predicted octanol–water partition coefficient (Wildman–Crippen LogP) is 4.17. The first-order valence-corrected chi connectivity index (χ1v) is 7.18. The molecule has 0 aliphatic heterocycles. The van der Waals surface area contributed by atoms with Crippen LogP contribution in [0.5, 0.6) is 0 Å². The maximum atomic E-state index is 12.7. The topological polar surface area (TPSA) is 32.3 Å². The summed E-state index contributed by atoms with van der Waals surface area (Å²) in [7, 11) is 0. The van der Waals surface area contributed by atoms with Crippen LogP contribution in [0.2, 0.25) is 0 Å². The fourth-order valence-corrected chi connectivity index (χ4v) is 2.19. The van der Waals surface area contributed by atoms with E-state index in [1.165, 1.54) is 12.1 Å². The van der Waals surface area contributed by atoms with E-state index in [-0.39, 0.29) is 18.1 Å². The number of likely N-dealkylation sites (N-methyl/N-ethyl adjacent to an activating group) is 1. The summed E-state index contributed by atoms with van der Waals surface area (Å²) in [5, 5.41) is 2.75. The minimum Gasteiger partial charge on any atom is -0.376 e. The molecule has 0 saturated carbocycles. The highest BCUT2D eigenvalue weighted by atomic mass is 19.4. The molecule has 2 aromatic rings. The van der Waals surface area contributed by atoms with Crippen molar-refractivity contribution in [3.05, 3.63) is 60.2 Å². The van der Waals surface area contributed by atoms with Gasteiger partial charge in [0.05, 0.1) is 12.1 Å². The van der Waals surface area contributed by atoms with E-state index in [9.17, 15) is 18.0 Å². The molecule has 0 aliphatic carbocycles. The number of carbonyl (C=O) groups is 1. The molecule has 0 saturated heterocycles. The van der Waals surface area contributed by atoms with Gasteiger partial charge in [0.1, 0.15) is 0 Å². The van der Waals surface area contributed by atoms with Crippen LogP contribution in [0.4, 0.5) is 24.5 Å². The zero-order chi connectivity index (χ0) is 16.9. The van der Waals surface area contributed by atoms with Crippen LogP contribution >= 0.6 is 0 Å². The summed E-state index contributed by atoms with van der Waals surface area (Å²) in [6.07, 6.45) is -4.40. The van der Waals surface area contributed by atoms with Gasteiger partial charge in [0, 0.05) is 17.9 Å². The lowest BCUT2D eigenvalue weighted by atomic mass is 10.2. The first kappa shape index (κ1) is 16.9. The van der Waals surface area contributed by atoms with E-state index < -0.39 is 11.7 Å². The third-order valence-corrected chi connectivity index (χ3v) is 3.32. The molecule has 0 radical (unpaired) electrons. The zero-order valence-electron chi connectivity index (χ0n) is 12.6. The second-order valence-corrected chi connectivity index (χ2v) is 4.91. The standard InChI is InChI=1S/C17H17F3N2O/c1-2-22(15-9-4-3-5-10-15)16(23)12-21-14-8-6-7-13(11-14)17(18,19)20/h3-11,21H,2,12H2,1H3. The summed E-state index contributed by atoms with van der Waals surface area (Å²) in [5.41, 5.74) is 0.272. The van der Waals surface area contributed by atoms with E-state index >= 15 is 0 Å². The average molecular weight is 322 g/mol. The van der Waals surface area contributed by atoms with Gasteiger partial charge in [-0.2, -0.15) is 13.2 Å². The van der Waals surface area contributed by atoms with E-state index in [1.807, 2.05) is 37.3 Å². The van der Waals surface area contributed by atoms with E-state index in [0.717, 1.165) is 17.8 Å². The number of nitrogens with one attached hydrogen (secondary N) is 1. The van der Waals surface area contributed by atoms with Gasteiger partial charge in [-0.15, -0.1) is 0 Å². The quantitative estimate of drug-likeness (QED) is 0.896. The van der Waals surface area contributed by atoms with Gasteiger partial charge < -0.3 is 10.2 Å². The van der Waals surface area contributed by atoms with Crippen molar-refractivity contribution >= 4 is 17.3 Å². The number of carbonyl (C=O) groups excluding carboxylic acids is 1. The molecule has 0 atom stereocenters. The molecule has 23 heavy (non-hydrogen) atoms. The van der Waals surface area contributed by atoms with Gasteiger partial charge in [-0.1, -0.05) is 24.3 Å². The third-order valence-electron chi connectivity index (χ3n) is 3.32. The minimum absolute atomic E-state index is 0.0793. The van der Waals surface area contributed by atoms with Gasteiger partial charge in [0.15, 0.2) is 0 Å². The molecule has 6 heteroatoms. The zero-order valence-corrected chi connectivity index (χ0v) is 12.6. The maximum Gasteiger partial charge on any atom is 0.416 e. The Kier molecular flexibility index (Phi) is 5.26. The largest absolute Gasteiger partial charge is 0.416 e. The van der Waals surface area contributed by atoms with Crippen LogP contribution in [-0.2, 0) is 11.0 Å². The van der Waals surface area contributed by atoms with E-state index in [2.05, 4.69) is 5.32 Å². The fourth-order valence-electron chi connectivity index (χ4n) is 2.19. The van der Waals surface area contributed by atoms with Crippen LogP contribution in [0.1, 0.15) is 12.5 Å². The van der Waals surface area contributed by atoms with Crippen LogP contribution in [0.25, 0.3) is 0 Å². The molecular formula is C17H17F3N2O. The second-order valence-electron chi connectivity index (χ2n) is 4.91. The van der Waals surface area contributed by atoms with Crippen LogP contribution in [0, 0.1) is 0 Å². The van der Waals surface area contributed by atoms with Crippen molar-refractivity contribution in [3.63, 3.8) is 0 Å². The van der Waals surface area contributed by atoms with Crippen molar-refractivity contribution in [2.75, 3.05) is 23.3 Å². The van der Waals surface area contributed by atoms with Crippen LogP contribution in [0.15, 0.2) is 54.6 Å². The third kappa shape index (κ3) is 4.48. The number of para-hydroxylation sites is 1. The van der Waals surface area contributed by atoms with Crippen LogP contribution in [-0.4, -0.2) is 19.0 Å². The number of alkyl halides is 3. The number of hydrogen-bond donors (Lipinski definition) is 1. The number of amides is 1. The Labute approximate surface area is 132 Å². The highest BCUT2D eigenvalue weighted by molar-refractivity contribution is 5.96. The minimum atomic E-state index is -4.40. The molecule has 0 unspecified atom stereocenters. The highest BCUT2D eigenvalue weighted by Gasteiger charge is 2.30. The maximum absolute atomic E-state index is 12.7. The normalized spacial score (nSPS) is 11.1. The van der Waals surface area contributed by atoms with Crippen molar-refractivity contribution < 1.29 is 18.0 Å². The summed E-state index contributed by atoms with van der Waals surface area (Å²) in [5.74, 6) is -0.212. The van der Waals surface area contributed by atoms with Gasteiger partial charge in [0.25, 0.3) is 0 Å². The lowest BCUT2D eigenvalue weighted by Gasteiger charge is -2.21. The summed E-state index contributed by atoms with van der Waals surface area (Å²) >= 11 is 0. The monoisotopic (exact) mass is 322 g/mol. The van der Waals surface area contributed by atoms with Gasteiger partial charge in [-0.05, 0) is 37.3 Å². The molecule has 0 fully saturated rings. The summed E-state index contributed by atoms with van der Waals surface area (Å²) < 4.78 is 38.0. The molecule has 0 heterocycles. The Morgan fingerprint density at radius 1 is 1.09 bits per heavy atom. The Bertz CT molecular complexity index is 656. The lowest BCUT2D eigenvalue weighted by molar-refractivity contribution is -0.137. The molecule has 1 amide bonds. The van der Waals surface area contributed by atoms with Crippen LogP contribution < -0.4 is 10.2 Å². The lowest BCUT2D eigenvalue weighted by Crippen LogP contribution is -2.35. The molecule has 0 spiro atoms. The van der Waals surface area contributed by atoms with Crippen molar-refractivity contribution in [2.24, 2.45) is 0 Å². The first-order valence-electron chi connectivity index (χ1n) is 7.18. The van der Waals surface area contributed by atoms with Gasteiger partial charge >= 0.3 is 6.18 Å². The van der Waals surface area contributed by atoms with Crippen molar-refractivity contribution in [1.82, 2.24) is 0 Å². The Morgan fingerprint density at radius 3 is 2.39 bits per heavy atom. The fraction of sp³-hybridized carbons (Fsp3) is 0.235. The Hall–Kier alpha value is -2.50. The highest BCUT2D eigenvalue weighted by Crippen LogP contribution is 2.30. The molecule has 122 valence electrons. The van der Waals surface area contributed by atoms with E-state index in [4.69, 9.17) is 0 Å². The summed E-state index contributed by atoms with van der Waals surface area (Å²) in [4.78, 5) is 13.8. The van der Waals surface area contributed by atoms with Gasteiger partial charge in [0.2, 0.25) is 5.91 Å². The summed E-state index contributed by atoms with van der Waals surface area (Å²) in [6.45, 7) is 2.24. The average Bonchev–Trinajstić information content (AvgIpc) is 2.54. The number of halogens is 3. The number of hydrogen-bond acceptors (Lipinski definition) is 2. The molecule has 0 aromatic heterocycles. The molecule has 0 bridgehead atoms. The molecule has 2 aromatic carbocycles. The summed E-state index contributed by atoms with van der Waals surface area (Å²) in [6, 6.07) is 13.9. The molecule has 2 rings (SSSR count). The molecular weight excluding hydrogens is 305 g/mol. The Balaban J connectivity index is 2.04. The SMILES string of the molecule is CCN(C(=O)CNc1cccc(C(F)(F)F)c1)c1ccccc1. The predicted molar refractivity (Wildman–Crippen MR) is 84.4 cm³/mol. The first-order chi connectivity index (χ1) is 10.9. The number of anilines is 2. The molecule has 1 N–H and O–H groups in total. The van der Waals surface area contributed by atoms with Crippen molar-refractivity contribution in [1.29, 1.82) is 0 Å². The van der Waals surface area contributed by atoms with Gasteiger partial charge in [-0.3, -0.25) is 4.79 Å². The van der Waals surface area contributed by atoms with Gasteiger partial charge in [-0.25, -0.2) is 0 Å². The second kappa shape index (κ2) is 7.17. The smallest absolute Gasteiger partial charge is 0.376 e.